The first-order valence-corrected chi connectivity index (χ1v) is 8.10. The number of carbonyl (C=O) groups excluding carboxylic acids is 1. The van der Waals surface area contributed by atoms with Crippen molar-refractivity contribution in [3.05, 3.63) is 34.9 Å². The van der Waals surface area contributed by atoms with Crippen LogP contribution in [-0.2, 0) is 17.6 Å². The van der Waals surface area contributed by atoms with Crippen LogP contribution in [0.1, 0.15) is 56.3 Å². The lowest BCUT2D eigenvalue weighted by Crippen LogP contribution is -2.44. The molecule has 1 aromatic carbocycles. The van der Waals surface area contributed by atoms with Gasteiger partial charge in [0.2, 0.25) is 5.91 Å². The Morgan fingerprint density at radius 1 is 1.19 bits per heavy atom. The first kappa shape index (κ1) is 16.0. The normalized spacial score (nSPS) is 16.6. The summed E-state index contributed by atoms with van der Waals surface area (Å²) in [5.74, 6) is 0.573. The van der Waals surface area contributed by atoms with Crippen molar-refractivity contribution in [2.24, 2.45) is 5.92 Å². The molecule has 0 aromatic heterocycles. The fourth-order valence-corrected chi connectivity index (χ4v) is 3.16. The summed E-state index contributed by atoms with van der Waals surface area (Å²) >= 11 is 0. The van der Waals surface area contributed by atoms with Gasteiger partial charge in [-0.2, -0.15) is 0 Å². The van der Waals surface area contributed by atoms with Crippen LogP contribution >= 0.6 is 0 Å². The Morgan fingerprint density at radius 2 is 1.90 bits per heavy atom. The SMILES string of the molecule is CNC(=O)C(CC(C)C)NC(C)c1ccc2c(c1)CCC2. The molecule has 0 bridgehead atoms. The quantitative estimate of drug-likeness (QED) is 0.845. The lowest BCUT2D eigenvalue weighted by Gasteiger charge is -2.24. The molecule has 1 aliphatic rings. The Kier molecular flexibility index (Phi) is 5.40. The zero-order valence-electron chi connectivity index (χ0n) is 13.7. The van der Waals surface area contributed by atoms with Crippen LogP contribution in [0.4, 0.5) is 0 Å². The molecule has 2 rings (SSSR count). The van der Waals surface area contributed by atoms with Crippen molar-refractivity contribution in [3.8, 4) is 0 Å². The molecule has 3 nitrogen and oxygen atoms in total. The molecule has 0 saturated carbocycles. The van der Waals surface area contributed by atoms with Gasteiger partial charge in [0.25, 0.3) is 0 Å². The van der Waals surface area contributed by atoms with Gasteiger partial charge in [-0.25, -0.2) is 0 Å². The topological polar surface area (TPSA) is 41.1 Å². The van der Waals surface area contributed by atoms with Gasteiger partial charge in [-0.3, -0.25) is 10.1 Å². The van der Waals surface area contributed by atoms with Crippen LogP contribution in [0.2, 0.25) is 0 Å². The molecule has 0 saturated heterocycles. The zero-order chi connectivity index (χ0) is 15.4. The van der Waals surface area contributed by atoms with Gasteiger partial charge in [-0.05, 0) is 55.2 Å². The maximum Gasteiger partial charge on any atom is 0.236 e. The Morgan fingerprint density at radius 3 is 2.57 bits per heavy atom. The highest BCUT2D eigenvalue weighted by Crippen LogP contribution is 2.25. The van der Waals surface area contributed by atoms with E-state index in [1.165, 1.54) is 36.0 Å². The van der Waals surface area contributed by atoms with E-state index in [-0.39, 0.29) is 18.0 Å². The van der Waals surface area contributed by atoms with Gasteiger partial charge in [0.15, 0.2) is 0 Å². The maximum absolute atomic E-state index is 12.0. The molecular weight excluding hydrogens is 260 g/mol. The molecule has 0 radical (unpaired) electrons. The minimum atomic E-state index is -0.127. The van der Waals surface area contributed by atoms with Crippen LogP contribution in [-0.4, -0.2) is 19.0 Å². The fourth-order valence-electron chi connectivity index (χ4n) is 3.16. The smallest absolute Gasteiger partial charge is 0.236 e. The van der Waals surface area contributed by atoms with Gasteiger partial charge in [-0.1, -0.05) is 32.0 Å². The van der Waals surface area contributed by atoms with Gasteiger partial charge in [0, 0.05) is 13.1 Å². The number of hydrogen-bond acceptors (Lipinski definition) is 2. The Bertz CT molecular complexity index is 496. The number of amides is 1. The summed E-state index contributed by atoms with van der Waals surface area (Å²) in [7, 11) is 1.71. The summed E-state index contributed by atoms with van der Waals surface area (Å²) in [6.45, 7) is 6.45. The molecular formula is C18H28N2O. The predicted octanol–water partition coefficient (Wildman–Crippen LogP) is 2.99. The lowest BCUT2D eigenvalue weighted by atomic mass is 9.98. The molecule has 0 heterocycles. The van der Waals surface area contributed by atoms with Gasteiger partial charge >= 0.3 is 0 Å². The van der Waals surface area contributed by atoms with Crippen LogP contribution in [0.25, 0.3) is 0 Å². The van der Waals surface area contributed by atoms with E-state index >= 15 is 0 Å². The summed E-state index contributed by atoms with van der Waals surface area (Å²) in [5.41, 5.74) is 4.27. The van der Waals surface area contributed by atoms with Crippen molar-refractivity contribution in [2.75, 3.05) is 7.05 Å². The Labute approximate surface area is 128 Å². The van der Waals surface area contributed by atoms with Crippen LogP contribution < -0.4 is 10.6 Å². The molecule has 0 fully saturated rings. The van der Waals surface area contributed by atoms with E-state index in [9.17, 15) is 4.79 Å². The second-order valence-electron chi connectivity index (χ2n) is 6.57. The van der Waals surface area contributed by atoms with Crippen molar-refractivity contribution in [1.29, 1.82) is 0 Å². The third-order valence-electron chi connectivity index (χ3n) is 4.34. The lowest BCUT2D eigenvalue weighted by molar-refractivity contribution is -0.123. The highest BCUT2D eigenvalue weighted by atomic mass is 16.2. The van der Waals surface area contributed by atoms with Crippen LogP contribution in [0, 0.1) is 5.92 Å². The van der Waals surface area contributed by atoms with Crippen molar-refractivity contribution in [2.45, 2.75) is 58.5 Å². The standard InChI is InChI=1S/C18H28N2O/c1-12(2)10-17(18(21)19-4)20-13(3)15-9-8-14-6-5-7-16(14)11-15/h8-9,11-13,17,20H,5-7,10H2,1-4H3,(H,19,21). The molecule has 1 aliphatic carbocycles. The monoisotopic (exact) mass is 288 g/mol. The molecule has 21 heavy (non-hydrogen) atoms. The van der Waals surface area contributed by atoms with Gasteiger partial charge in [0.1, 0.15) is 0 Å². The summed E-state index contributed by atoms with van der Waals surface area (Å²) < 4.78 is 0. The first-order valence-electron chi connectivity index (χ1n) is 8.10. The molecule has 1 aromatic rings. The summed E-state index contributed by atoms with van der Waals surface area (Å²) in [6.07, 6.45) is 4.54. The van der Waals surface area contributed by atoms with Crippen molar-refractivity contribution < 1.29 is 4.79 Å². The Balaban J connectivity index is 2.07. The number of carbonyl (C=O) groups is 1. The third kappa shape index (κ3) is 4.07. The van der Waals surface area contributed by atoms with Crippen molar-refractivity contribution in [1.82, 2.24) is 10.6 Å². The second-order valence-corrected chi connectivity index (χ2v) is 6.57. The molecule has 2 unspecified atom stereocenters. The third-order valence-corrected chi connectivity index (χ3v) is 4.34. The number of benzene rings is 1. The van der Waals surface area contributed by atoms with E-state index in [4.69, 9.17) is 0 Å². The number of nitrogens with one attached hydrogen (secondary N) is 2. The molecule has 1 amide bonds. The van der Waals surface area contributed by atoms with Crippen molar-refractivity contribution >= 4 is 5.91 Å². The predicted molar refractivity (Wildman–Crippen MR) is 87.3 cm³/mol. The largest absolute Gasteiger partial charge is 0.358 e. The molecule has 0 spiro atoms. The minimum Gasteiger partial charge on any atom is -0.358 e. The molecule has 0 aliphatic heterocycles. The summed E-state index contributed by atoms with van der Waals surface area (Å²) in [5, 5.41) is 6.26. The zero-order valence-corrected chi connectivity index (χ0v) is 13.7. The second kappa shape index (κ2) is 7.08. The van der Waals surface area contributed by atoms with E-state index in [0.717, 1.165) is 6.42 Å². The number of fused-ring (bicyclic) bond motifs is 1. The molecule has 3 heteroatoms. The summed E-state index contributed by atoms with van der Waals surface area (Å²) in [6, 6.07) is 6.84. The highest BCUT2D eigenvalue weighted by molar-refractivity contribution is 5.81. The van der Waals surface area contributed by atoms with Gasteiger partial charge in [0.05, 0.1) is 6.04 Å². The van der Waals surface area contributed by atoms with Gasteiger partial charge < -0.3 is 5.32 Å². The van der Waals surface area contributed by atoms with Gasteiger partial charge in [-0.15, -0.1) is 0 Å². The van der Waals surface area contributed by atoms with Crippen LogP contribution in [0.3, 0.4) is 0 Å². The fraction of sp³-hybridized carbons (Fsp3) is 0.611. The molecule has 2 atom stereocenters. The highest BCUT2D eigenvalue weighted by Gasteiger charge is 2.21. The van der Waals surface area contributed by atoms with E-state index in [1.54, 1.807) is 7.05 Å². The van der Waals surface area contributed by atoms with E-state index in [0.29, 0.717) is 5.92 Å². The maximum atomic E-state index is 12.0. The Hall–Kier alpha value is -1.35. The van der Waals surface area contributed by atoms with Crippen LogP contribution in [0.5, 0.6) is 0 Å². The average Bonchev–Trinajstić information content (AvgIpc) is 2.92. The molecule has 116 valence electrons. The van der Waals surface area contributed by atoms with E-state index < -0.39 is 0 Å². The number of aryl methyl sites for hydroxylation is 2. The van der Waals surface area contributed by atoms with Crippen LogP contribution in [0.15, 0.2) is 18.2 Å². The minimum absolute atomic E-state index is 0.0803. The van der Waals surface area contributed by atoms with E-state index in [1.807, 2.05) is 0 Å². The number of likely N-dealkylation sites (N-methyl/N-ethyl adjacent to an activating group) is 1. The van der Waals surface area contributed by atoms with Crippen molar-refractivity contribution in [3.63, 3.8) is 0 Å². The summed E-state index contributed by atoms with van der Waals surface area (Å²) in [4.78, 5) is 12.0. The number of hydrogen-bond donors (Lipinski definition) is 2. The molecule has 2 N–H and O–H groups in total. The van der Waals surface area contributed by atoms with E-state index in [2.05, 4.69) is 49.6 Å². The first-order chi connectivity index (χ1) is 10.0. The number of rotatable bonds is 6. The average molecular weight is 288 g/mol.